The number of hydrogen-bond acceptors (Lipinski definition) is 4. The Hall–Kier alpha value is -2.61. The minimum Gasteiger partial charge on any atom is -0.371 e. The van der Waals surface area contributed by atoms with Crippen molar-refractivity contribution in [3.63, 3.8) is 0 Å². The van der Waals surface area contributed by atoms with Gasteiger partial charge >= 0.3 is 0 Å². The topological polar surface area (TPSA) is 68.1 Å². The van der Waals surface area contributed by atoms with Crippen LogP contribution in [0, 0.1) is 29.4 Å². The van der Waals surface area contributed by atoms with Gasteiger partial charge in [-0.15, -0.1) is 6.42 Å². The molecular weight excluding hydrogens is 242 g/mol. The predicted octanol–water partition coefficient (Wildman–Crippen LogP) is 2.89. The molecule has 1 heterocycles. The zero-order chi connectivity index (χ0) is 14.0. The highest BCUT2D eigenvalue weighted by Crippen LogP contribution is 2.27. The lowest BCUT2D eigenvalue weighted by Gasteiger charge is -2.12. The molecule has 0 bridgehead atoms. The van der Waals surface area contributed by atoms with Gasteiger partial charge in [0.2, 0.25) is 0 Å². The maximum absolute atomic E-state index is 10.8. The Morgan fingerprint density at radius 3 is 2.84 bits per heavy atom. The van der Waals surface area contributed by atoms with Crippen molar-refractivity contribution in [3.05, 3.63) is 40.1 Å². The SMILES string of the molecule is C#CC(C)Nc1cc(C)nc2ccc([N+](=O)[O-])cc12. The van der Waals surface area contributed by atoms with Gasteiger partial charge in [-0.2, -0.15) is 0 Å². The van der Waals surface area contributed by atoms with E-state index in [0.29, 0.717) is 10.9 Å². The molecule has 0 radical (unpaired) electrons. The van der Waals surface area contributed by atoms with Crippen molar-refractivity contribution in [2.45, 2.75) is 19.9 Å². The summed E-state index contributed by atoms with van der Waals surface area (Å²) in [5.41, 5.74) is 2.33. The van der Waals surface area contributed by atoms with Gasteiger partial charge in [-0.3, -0.25) is 15.1 Å². The van der Waals surface area contributed by atoms with Crippen molar-refractivity contribution in [2.75, 3.05) is 5.32 Å². The van der Waals surface area contributed by atoms with Crippen LogP contribution in [-0.2, 0) is 0 Å². The molecule has 0 aliphatic heterocycles. The number of hydrogen-bond donors (Lipinski definition) is 1. The third-order valence-electron chi connectivity index (χ3n) is 2.75. The Morgan fingerprint density at radius 1 is 1.47 bits per heavy atom. The molecule has 0 aliphatic rings. The molecule has 0 spiro atoms. The van der Waals surface area contributed by atoms with Crippen LogP contribution in [0.25, 0.3) is 10.9 Å². The van der Waals surface area contributed by atoms with E-state index in [0.717, 1.165) is 11.4 Å². The highest BCUT2D eigenvalue weighted by atomic mass is 16.6. The van der Waals surface area contributed by atoms with Crippen LogP contribution < -0.4 is 5.32 Å². The molecule has 0 fully saturated rings. The average Bonchev–Trinajstić information content (AvgIpc) is 2.37. The fraction of sp³-hybridized carbons (Fsp3) is 0.214. The molecule has 1 atom stereocenters. The Balaban J connectivity index is 2.63. The molecular formula is C14H13N3O2. The molecule has 5 nitrogen and oxygen atoms in total. The second-order valence-corrected chi connectivity index (χ2v) is 4.30. The van der Waals surface area contributed by atoms with E-state index in [1.165, 1.54) is 12.1 Å². The number of aryl methyl sites for hydroxylation is 1. The molecule has 5 heteroatoms. The molecule has 0 aliphatic carbocycles. The number of nitrogens with one attached hydrogen (secondary N) is 1. The quantitative estimate of drug-likeness (QED) is 0.520. The van der Waals surface area contributed by atoms with Gasteiger partial charge in [0.25, 0.3) is 5.69 Å². The van der Waals surface area contributed by atoms with Crippen LogP contribution >= 0.6 is 0 Å². The smallest absolute Gasteiger partial charge is 0.270 e. The normalized spacial score (nSPS) is 11.8. The van der Waals surface area contributed by atoms with E-state index in [9.17, 15) is 10.1 Å². The monoisotopic (exact) mass is 255 g/mol. The van der Waals surface area contributed by atoms with Gasteiger partial charge in [0, 0.05) is 28.9 Å². The van der Waals surface area contributed by atoms with Crippen molar-refractivity contribution in [2.24, 2.45) is 0 Å². The first-order valence-corrected chi connectivity index (χ1v) is 5.79. The van der Waals surface area contributed by atoms with Gasteiger partial charge in [0.15, 0.2) is 0 Å². The van der Waals surface area contributed by atoms with Crippen LogP contribution in [0.1, 0.15) is 12.6 Å². The summed E-state index contributed by atoms with van der Waals surface area (Å²) in [4.78, 5) is 14.8. The van der Waals surface area contributed by atoms with Crippen molar-refractivity contribution in [1.82, 2.24) is 4.98 Å². The summed E-state index contributed by atoms with van der Waals surface area (Å²) in [6, 6.07) is 6.27. The number of anilines is 1. The summed E-state index contributed by atoms with van der Waals surface area (Å²) >= 11 is 0. The Morgan fingerprint density at radius 2 is 2.21 bits per heavy atom. The number of nitrogens with zero attached hydrogens (tertiary/aromatic N) is 2. The molecule has 2 aromatic rings. The number of pyridine rings is 1. The molecule has 1 aromatic heterocycles. The zero-order valence-corrected chi connectivity index (χ0v) is 10.7. The van der Waals surface area contributed by atoms with Gasteiger partial charge in [0.05, 0.1) is 16.5 Å². The molecule has 0 saturated carbocycles. The van der Waals surface area contributed by atoms with Crippen molar-refractivity contribution in [1.29, 1.82) is 0 Å². The Kier molecular flexibility index (Phi) is 3.34. The minimum absolute atomic E-state index is 0.0366. The molecule has 19 heavy (non-hydrogen) atoms. The molecule has 1 N–H and O–H groups in total. The standard InChI is InChI=1S/C14H13N3O2/c1-4-9(2)15-14-7-10(3)16-13-6-5-11(17(18)19)8-12(13)14/h1,5-9H,2-3H3,(H,15,16). The summed E-state index contributed by atoms with van der Waals surface area (Å²) in [7, 11) is 0. The fourth-order valence-corrected chi connectivity index (χ4v) is 1.85. The van der Waals surface area contributed by atoms with E-state index < -0.39 is 4.92 Å². The first-order valence-electron chi connectivity index (χ1n) is 5.79. The van der Waals surface area contributed by atoms with E-state index in [1.807, 2.05) is 19.9 Å². The van der Waals surface area contributed by atoms with Crippen molar-refractivity contribution < 1.29 is 4.92 Å². The fourth-order valence-electron chi connectivity index (χ4n) is 1.85. The third kappa shape index (κ3) is 2.63. The minimum atomic E-state index is -0.423. The summed E-state index contributed by atoms with van der Waals surface area (Å²) in [6.45, 7) is 3.71. The average molecular weight is 255 g/mol. The molecule has 1 aromatic carbocycles. The van der Waals surface area contributed by atoms with E-state index in [-0.39, 0.29) is 11.7 Å². The first-order chi connectivity index (χ1) is 9.01. The summed E-state index contributed by atoms with van der Waals surface area (Å²) in [6.07, 6.45) is 5.34. The lowest BCUT2D eigenvalue weighted by molar-refractivity contribution is -0.384. The van der Waals surface area contributed by atoms with Gasteiger partial charge < -0.3 is 5.32 Å². The second-order valence-electron chi connectivity index (χ2n) is 4.30. The Labute approximate surface area is 110 Å². The number of fused-ring (bicyclic) bond motifs is 1. The molecule has 0 amide bonds. The van der Waals surface area contributed by atoms with E-state index >= 15 is 0 Å². The van der Waals surface area contributed by atoms with Crippen molar-refractivity contribution in [3.8, 4) is 12.3 Å². The molecule has 0 saturated heterocycles. The summed E-state index contributed by atoms with van der Waals surface area (Å²) in [5, 5.41) is 14.7. The maximum atomic E-state index is 10.8. The van der Waals surface area contributed by atoms with E-state index in [2.05, 4.69) is 16.2 Å². The van der Waals surface area contributed by atoms with E-state index in [1.54, 1.807) is 6.07 Å². The van der Waals surface area contributed by atoms with Gasteiger partial charge in [0.1, 0.15) is 0 Å². The first kappa shape index (κ1) is 12.8. The maximum Gasteiger partial charge on any atom is 0.270 e. The number of rotatable bonds is 3. The van der Waals surface area contributed by atoms with Crippen LogP contribution in [0.3, 0.4) is 0 Å². The predicted molar refractivity (Wildman–Crippen MR) is 75.1 cm³/mol. The number of benzene rings is 1. The second kappa shape index (κ2) is 4.94. The summed E-state index contributed by atoms with van der Waals surface area (Å²) < 4.78 is 0. The highest BCUT2D eigenvalue weighted by Gasteiger charge is 2.11. The highest BCUT2D eigenvalue weighted by molar-refractivity contribution is 5.93. The van der Waals surface area contributed by atoms with Crippen LogP contribution in [-0.4, -0.2) is 15.9 Å². The van der Waals surface area contributed by atoms with Gasteiger partial charge in [-0.25, -0.2) is 0 Å². The lowest BCUT2D eigenvalue weighted by atomic mass is 10.1. The molecule has 96 valence electrons. The number of terminal acetylenes is 1. The van der Waals surface area contributed by atoms with Gasteiger partial charge in [-0.1, -0.05) is 5.92 Å². The third-order valence-corrected chi connectivity index (χ3v) is 2.75. The van der Waals surface area contributed by atoms with Gasteiger partial charge in [-0.05, 0) is 26.0 Å². The summed E-state index contributed by atoms with van der Waals surface area (Å²) in [5.74, 6) is 2.57. The van der Waals surface area contributed by atoms with Crippen LogP contribution in [0.4, 0.5) is 11.4 Å². The number of nitro groups is 1. The van der Waals surface area contributed by atoms with Crippen molar-refractivity contribution >= 4 is 22.3 Å². The lowest BCUT2D eigenvalue weighted by Crippen LogP contribution is -2.12. The largest absolute Gasteiger partial charge is 0.371 e. The molecule has 1 unspecified atom stereocenters. The van der Waals surface area contributed by atoms with E-state index in [4.69, 9.17) is 6.42 Å². The van der Waals surface area contributed by atoms with Crippen LogP contribution in [0.2, 0.25) is 0 Å². The van der Waals surface area contributed by atoms with Crippen LogP contribution in [0.5, 0.6) is 0 Å². The number of aromatic nitrogens is 1. The molecule has 2 rings (SSSR count). The Bertz CT molecular complexity index is 689. The number of non-ortho nitro benzene ring substituents is 1. The zero-order valence-electron chi connectivity index (χ0n) is 10.7. The van der Waals surface area contributed by atoms with Crippen LogP contribution in [0.15, 0.2) is 24.3 Å². The number of nitro benzene ring substituents is 1.